The molecule has 8 rings (SSSR count). The number of rotatable bonds is 22. The van der Waals surface area contributed by atoms with Gasteiger partial charge in [-0.15, -0.1) is 0 Å². The molecule has 3 fully saturated rings. The van der Waals surface area contributed by atoms with Crippen LogP contribution >= 0.6 is 16.5 Å². The number of unbranched alkanes of at least 4 members (excludes halogenated alkanes) is 2. The van der Waals surface area contributed by atoms with Gasteiger partial charge in [-0.3, -0.25) is 62.5 Å². The standard InChI is InChI=1S/C52H68N12O17P2/c1-29(2)43(58-38(65)10-7-6-8-21-63-41(67)16-17-42(63)68)48(70)56-31(4)47(69)57-34-14-12-32(13-15-34)24-75-52(72)62(5)20-9-11-39(66)59-51-60-46-44(49(71)61-51)55-28-64(46)50-45-30(3)37(79-50)26-77-82(73)80-36-23-35(78-40-18-19-53-27-54-40)22-33(36)25-76-83(74)81-45/h12-19,27-31,33,35-37,43,45,50,82-83H,6-11,20-26H2,1-5H3,(H,56,70)(H,57,69)(H,58,65)(H2,59,60,61,66,71)/t30?,31-,33+,35+,36-,37+,43-,45+,50+/m0/s1. The zero-order chi connectivity index (χ0) is 59.3. The maximum Gasteiger partial charge on any atom is 0.409 e. The Labute approximate surface area is 477 Å². The fourth-order valence-corrected chi connectivity index (χ4v) is 11.6. The second-order valence-corrected chi connectivity index (χ2v) is 22.9. The number of fused-ring (bicyclic) bond motifs is 4. The van der Waals surface area contributed by atoms with Crippen LogP contribution in [0.4, 0.5) is 16.4 Å². The number of imidazole rings is 1. The molecule has 4 aromatic rings. The first-order chi connectivity index (χ1) is 39.8. The van der Waals surface area contributed by atoms with E-state index < -0.39 is 88.4 Å². The molecule has 3 unspecified atom stereocenters. The van der Waals surface area contributed by atoms with Crippen molar-refractivity contribution in [2.24, 2.45) is 17.8 Å². The van der Waals surface area contributed by atoms with E-state index in [1.165, 1.54) is 48.2 Å². The molecule has 1 aromatic carbocycles. The molecule has 0 radical (unpaired) electrons. The van der Waals surface area contributed by atoms with Crippen molar-refractivity contribution in [3.8, 4) is 5.88 Å². The van der Waals surface area contributed by atoms with Crippen LogP contribution in [-0.2, 0) is 72.1 Å². The summed E-state index contributed by atoms with van der Waals surface area (Å²) in [6.07, 6.45) is 4.89. The van der Waals surface area contributed by atoms with Gasteiger partial charge in [0.05, 0.1) is 31.7 Å². The predicted octanol–water partition coefficient (Wildman–Crippen LogP) is 3.95. The third kappa shape index (κ3) is 16.7. The van der Waals surface area contributed by atoms with Crippen LogP contribution in [0.3, 0.4) is 0 Å². The van der Waals surface area contributed by atoms with Crippen molar-refractivity contribution in [1.29, 1.82) is 0 Å². The average Bonchev–Trinajstić information content (AvgIpc) is 4.30. The highest BCUT2D eigenvalue weighted by molar-refractivity contribution is 7.33. The highest BCUT2D eigenvalue weighted by Crippen LogP contribution is 2.46. The Morgan fingerprint density at radius 1 is 0.843 bits per heavy atom. The first kappa shape index (κ1) is 61.8. The summed E-state index contributed by atoms with van der Waals surface area (Å²) in [6, 6.07) is 6.24. The van der Waals surface area contributed by atoms with Crippen molar-refractivity contribution in [2.75, 3.05) is 44.0 Å². The summed E-state index contributed by atoms with van der Waals surface area (Å²) in [5, 5.41) is 10.7. The Balaban J connectivity index is 0.755. The number of ether oxygens (including phenoxy) is 3. The van der Waals surface area contributed by atoms with Gasteiger partial charge in [0.25, 0.3) is 17.4 Å². The van der Waals surface area contributed by atoms with Gasteiger partial charge in [0.1, 0.15) is 37.2 Å². The molecule has 7 amide bonds. The normalized spacial score (nSPS) is 24.2. The summed E-state index contributed by atoms with van der Waals surface area (Å²) >= 11 is 0. The molecule has 29 nitrogen and oxygen atoms in total. The summed E-state index contributed by atoms with van der Waals surface area (Å²) in [5.41, 5.74) is 0.253. The number of amides is 7. The first-order valence-corrected chi connectivity index (χ1v) is 29.7. The minimum atomic E-state index is -3.19. The largest absolute Gasteiger partial charge is 0.474 e. The average molecular weight is 1200 g/mol. The quantitative estimate of drug-likeness (QED) is 0.0422. The predicted molar refractivity (Wildman–Crippen MR) is 294 cm³/mol. The van der Waals surface area contributed by atoms with Gasteiger partial charge in [0.15, 0.2) is 17.4 Å². The highest BCUT2D eigenvalue weighted by atomic mass is 31.1. The monoisotopic (exact) mass is 1190 g/mol. The molecule has 1 saturated carbocycles. The fourth-order valence-electron chi connectivity index (χ4n) is 9.69. The summed E-state index contributed by atoms with van der Waals surface area (Å²) in [5.74, 6) is -3.64. The fraction of sp³-hybridized carbons (Fsp3) is 0.538. The SMILES string of the molecule is CC(C)[C@H](NC(=O)CCCCCN1C(=O)C=CC1=O)C(=O)N[C@@H](C)C(=O)Nc1ccc(COC(=O)N(C)CCCC(=O)Nc2nc3c(ncn3[C@@H]3O[C@@H]4CO[PH](=O)O[C@H]5C[C@H](Oc6ccncn6)C[C@@H]5CO[PH](=O)O[C@@H]3C4C)c(=O)[nH]2)cc1. The van der Waals surface area contributed by atoms with E-state index in [-0.39, 0.29) is 105 Å². The molecular formula is C52H68N12O17P2. The molecule has 3 aromatic heterocycles. The number of aromatic nitrogens is 6. The van der Waals surface area contributed by atoms with Crippen LogP contribution in [0.15, 0.2) is 66.1 Å². The van der Waals surface area contributed by atoms with Crippen molar-refractivity contribution >= 4 is 80.8 Å². The molecule has 3 aliphatic heterocycles. The second-order valence-electron chi connectivity index (χ2n) is 20.8. The Hall–Kier alpha value is -7.26. The van der Waals surface area contributed by atoms with E-state index >= 15 is 0 Å². The van der Waals surface area contributed by atoms with Crippen molar-refractivity contribution in [3.63, 3.8) is 0 Å². The number of imide groups is 1. The lowest BCUT2D eigenvalue weighted by Gasteiger charge is -2.24. The van der Waals surface area contributed by atoms with Gasteiger partial charge in [0.2, 0.25) is 35.5 Å². The summed E-state index contributed by atoms with van der Waals surface area (Å²) in [6.45, 7) is 6.85. The number of benzene rings is 1. The molecule has 5 N–H and O–H groups in total. The van der Waals surface area contributed by atoms with Crippen LogP contribution in [0.25, 0.3) is 11.2 Å². The third-order valence-corrected chi connectivity index (χ3v) is 16.1. The zero-order valence-electron chi connectivity index (χ0n) is 46.3. The van der Waals surface area contributed by atoms with Gasteiger partial charge in [0, 0.05) is 81.3 Å². The topological polar surface area (TPSA) is 362 Å². The van der Waals surface area contributed by atoms with Crippen molar-refractivity contribution in [1.82, 2.24) is 49.9 Å². The van der Waals surface area contributed by atoms with Gasteiger partial charge < -0.3 is 53.2 Å². The Morgan fingerprint density at radius 3 is 2.31 bits per heavy atom. The third-order valence-electron chi connectivity index (χ3n) is 14.4. The van der Waals surface area contributed by atoms with E-state index in [2.05, 4.69) is 46.2 Å². The number of hydrogen-bond acceptors (Lipinski definition) is 21. The number of anilines is 2. The van der Waals surface area contributed by atoms with E-state index in [0.29, 0.717) is 49.2 Å². The van der Waals surface area contributed by atoms with E-state index in [1.807, 2.05) is 0 Å². The van der Waals surface area contributed by atoms with Gasteiger partial charge >= 0.3 is 22.6 Å². The molecule has 448 valence electrons. The highest BCUT2D eigenvalue weighted by Gasteiger charge is 2.47. The molecule has 4 aliphatic rings. The minimum Gasteiger partial charge on any atom is -0.474 e. The lowest BCUT2D eigenvalue weighted by atomic mass is 10.0. The van der Waals surface area contributed by atoms with Crippen LogP contribution in [0, 0.1) is 17.8 Å². The molecular weight excluding hydrogens is 1130 g/mol. The zero-order valence-corrected chi connectivity index (χ0v) is 48.3. The van der Waals surface area contributed by atoms with E-state index in [1.54, 1.807) is 57.3 Å². The molecule has 6 heterocycles. The molecule has 2 saturated heterocycles. The summed E-state index contributed by atoms with van der Waals surface area (Å²) in [4.78, 5) is 123. The summed E-state index contributed by atoms with van der Waals surface area (Å²) < 4.78 is 69.2. The molecule has 31 heteroatoms. The van der Waals surface area contributed by atoms with E-state index in [0.717, 1.165) is 4.90 Å². The molecule has 1 aliphatic carbocycles. The van der Waals surface area contributed by atoms with Crippen molar-refractivity contribution in [2.45, 2.75) is 128 Å². The Bertz CT molecular complexity index is 3110. The van der Waals surface area contributed by atoms with Crippen LogP contribution in [0.2, 0.25) is 0 Å². The summed E-state index contributed by atoms with van der Waals surface area (Å²) in [7, 11) is -4.76. The minimum absolute atomic E-state index is 0.00545. The number of aromatic amines is 1. The number of hydrogen-bond donors (Lipinski definition) is 5. The van der Waals surface area contributed by atoms with Gasteiger partial charge in [-0.05, 0) is 56.2 Å². The number of carbonyl (C=O) groups is 7. The van der Waals surface area contributed by atoms with Crippen LogP contribution in [-0.4, -0.2) is 151 Å². The van der Waals surface area contributed by atoms with Crippen LogP contribution in [0.1, 0.15) is 90.9 Å². The number of H-pyrrole nitrogens is 1. The van der Waals surface area contributed by atoms with Crippen LogP contribution < -0.4 is 31.6 Å². The second kappa shape index (κ2) is 28.8. The van der Waals surface area contributed by atoms with E-state index in [4.69, 9.17) is 32.3 Å². The molecule has 83 heavy (non-hydrogen) atoms. The van der Waals surface area contributed by atoms with E-state index in [9.17, 15) is 47.5 Å². The first-order valence-electron chi connectivity index (χ1n) is 27.2. The molecule has 2 bridgehead atoms. The van der Waals surface area contributed by atoms with Crippen LogP contribution in [0.5, 0.6) is 5.88 Å². The van der Waals surface area contributed by atoms with Gasteiger partial charge in [-0.2, -0.15) is 4.98 Å². The number of carbonyl (C=O) groups excluding carboxylic acids is 7. The Morgan fingerprint density at radius 2 is 1.58 bits per heavy atom. The smallest absolute Gasteiger partial charge is 0.409 e. The van der Waals surface area contributed by atoms with Crippen molar-refractivity contribution in [3.05, 3.63) is 77.3 Å². The van der Waals surface area contributed by atoms with Gasteiger partial charge in [-0.25, -0.2) is 19.7 Å². The maximum atomic E-state index is 13.5. The molecule has 0 spiro atoms. The Kier molecular flexibility index (Phi) is 21.5. The lowest BCUT2D eigenvalue weighted by molar-refractivity contribution is -0.137. The molecule has 11 atom stereocenters. The lowest BCUT2D eigenvalue weighted by Crippen LogP contribution is -2.53. The van der Waals surface area contributed by atoms with Gasteiger partial charge in [-0.1, -0.05) is 39.3 Å². The number of nitrogens with zero attached hydrogens (tertiary/aromatic N) is 7. The maximum absolute atomic E-state index is 13.5. The number of nitrogens with one attached hydrogen (secondary N) is 5. The van der Waals surface area contributed by atoms with Crippen molar-refractivity contribution < 1.29 is 75.0 Å².